The number of rotatable bonds is 6. The number of nitrogens with zero attached hydrogens (tertiary/aromatic N) is 3. The first-order valence-electron chi connectivity index (χ1n) is 7.62. The molecule has 0 aliphatic carbocycles. The number of likely N-dealkylation sites (tertiary alicyclic amines) is 1. The predicted octanol–water partition coefficient (Wildman–Crippen LogP) is 2.02. The van der Waals surface area contributed by atoms with E-state index in [1.54, 1.807) is 0 Å². The van der Waals surface area contributed by atoms with Gasteiger partial charge < -0.3 is 10.2 Å². The quantitative estimate of drug-likeness (QED) is 0.853. The molecule has 19 heavy (non-hydrogen) atoms. The minimum atomic E-state index is 0.583. The zero-order valence-electron chi connectivity index (χ0n) is 12.6. The van der Waals surface area contributed by atoms with Crippen LogP contribution in [0, 0.1) is 5.92 Å². The normalized spacial score (nSPS) is 22.6. The summed E-state index contributed by atoms with van der Waals surface area (Å²) in [4.78, 5) is 2.62. The van der Waals surface area contributed by atoms with E-state index in [0.717, 1.165) is 12.5 Å². The lowest BCUT2D eigenvalue weighted by atomic mass is 9.91. The molecule has 2 heterocycles. The summed E-state index contributed by atoms with van der Waals surface area (Å²) in [7, 11) is 1.97. The Morgan fingerprint density at radius 3 is 3.05 bits per heavy atom. The van der Waals surface area contributed by atoms with Crippen molar-refractivity contribution in [3.05, 3.63) is 18.0 Å². The van der Waals surface area contributed by atoms with E-state index in [4.69, 9.17) is 0 Å². The fraction of sp³-hybridized carbons (Fsp3) is 0.800. The van der Waals surface area contributed by atoms with Crippen LogP contribution in [-0.2, 0) is 13.6 Å². The molecule has 0 bridgehead atoms. The third-order valence-electron chi connectivity index (χ3n) is 4.18. The van der Waals surface area contributed by atoms with Gasteiger partial charge in [-0.05, 0) is 45.2 Å². The van der Waals surface area contributed by atoms with Gasteiger partial charge in [0, 0.05) is 37.9 Å². The smallest absolute Gasteiger partial charge is 0.0534 e. The van der Waals surface area contributed by atoms with E-state index in [-0.39, 0.29) is 0 Å². The lowest BCUT2D eigenvalue weighted by Crippen LogP contribution is -2.44. The molecule has 0 saturated carbocycles. The van der Waals surface area contributed by atoms with Crippen LogP contribution in [0.4, 0.5) is 0 Å². The van der Waals surface area contributed by atoms with Crippen molar-refractivity contribution in [3.63, 3.8) is 0 Å². The summed E-state index contributed by atoms with van der Waals surface area (Å²) >= 11 is 0. The van der Waals surface area contributed by atoms with Gasteiger partial charge >= 0.3 is 0 Å². The third kappa shape index (κ3) is 4.32. The molecule has 0 spiro atoms. The van der Waals surface area contributed by atoms with Gasteiger partial charge in [0.1, 0.15) is 0 Å². The predicted molar refractivity (Wildman–Crippen MR) is 79.0 cm³/mol. The van der Waals surface area contributed by atoms with E-state index in [1.807, 2.05) is 17.9 Å². The molecule has 1 N–H and O–H groups in total. The summed E-state index contributed by atoms with van der Waals surface area (Å²) in [6.45, 7) is 9.34. The van der Waals surface area contributed by atoms with Gasteiger partial charge in [-0.2, -0.15) is 5.10 Å². The van der Waals surface area contributed by atoms with Gasteiger partial charge in [0.2, 0.25) is 0 Å². The summed E-state index contributed by atoms with van der Waals surface area (Å²) in [5, 5.41) is 7.88. The second-order valence-electron chi connectivity index (χ2n) is 5.89. The monoisotopic (exact) mass is 264 g/mol. The van der Waals surface area contributed by atoms with Crippen LogP contribution in [0.25, 0.3) is 0 Å². The Hall–Kier alpha value is -0.870. The molecule has 1 aliphatic rings. The van der Waals surface area contributed by atoms with Gasteiger partial charge in [0.05, 0.1) is 6.20 Å². The van der Waals surface area contributed by atoms with Crippen molar-refractivity contribution >= 4 is 0 Å². The van der Waals surface area contributed by atoms with Crippen molar-refractivity contribution in [2.45, 2.75) is 45.7 Å². The maximum absolute atomic E-state index is 4.21. The largest absolute Gasteiger partial charge is 0.310 e. The first kappa shape index (κ1) is 14.5. The summed E-state index contributed by atoms with van der Waals surface area (Å²) in [5.74, 6) is 0.789. The van der Waals surface area contributed by atoms with Crippen LogP contribution in [0.5, 0.6) is 0 Å². The van der Waals surface area contributed by atoms with Crippen molar-refractivity contribution in [1.82, 2.24) is 20.0 Å². The Morgan fingerprint density at radius 1 is 1.53 bits per heavy atom. The molecule has 108 valence electrons. The Labute approximate surface area is 117 Å². The van der Waals surface area contributed by atoms with Crippen LogP contribution >= 0.6 is 0 Å². The van der Waals surface area contributed by atoms with E-state index >= 15 is 0 Å². The van der Waals surface area contributed by atoms with E-state index in [1.165, 1.54) is 44.5 Å². The molecule has 1 saturated heterocycles. The lowest BCUT2D eigenvalue weighted by molar-refractivity contribution is 0.150. The number of aromatic nitrogens is 2. The van der Waals surface area contributed by atoms with Crippen LogP contribution in [0.1, 0.15) is 38.7 Å². The zero-order valence-corrected chi connectivity index (χ0v) is 12.6. The molecular weight excluding hydrogens is 236 g/mol. The number of hydrogen-bond acceptors (Lipinski definition) is 3. The molecule has 1 fully saturated rings. The van der Waals surface area contributed by atoms with Gasteiger partial charge in [0.15, 0.2) is 0 Å². The van der Waals surface area contributed by atoms with E-state index in [0.29, 0.717) is 6.04 Å². The van der Waals surface area contributed by atoms with Crippen molar-refractivity contribution in [3.8, 4) is 0 Å². The number of hydrogen-bond donors (Lipinski definition) is 1. The molecule has 2 unspecified atom stereocenters. The number of nitrogens with one attached hydrogen (secondary N) is 1. The zero-order chi connectivity index (χ0) is 13.7. The fourth-order valence-corrected chi connectivity index (χ4v) is 3.03. The molecule has 2 rings (SSSR count). The molecule has 4 nitrogen and oxygen atoms in total. The lowest BCUT2D eigenvalue weighted by Gasteiger charge is -2.36. The topological polar surface area (TPSA) is 33.1 Å². The van der Waals surface area contributed by atoms with Crippen molar-refractivity contribution < 1.29 is 0 Å². The minimum absolute atomic E-state index is 0.583. The first-order chi connectivity index (χ1) is 9.19. The van der Waals surface area contributed by atoms with Gasteiger partial charge in [0.25, 0.3) is 0 Å². The molecule has 1 aromatic rings. The van der Waals surface area contributed by atoms with Gasteiger partial charge in [-0.3, -0.25) is 4.68 Å². The molecule has 0 aromatic carbocycles. The fourth-order valence-electron chi connectivity index (χ4n) is 3.03. The summed E-state index contributed by atoms with van der Waals surface area (Å²) < 4.78 is 1.87. The van der Waals surface area contributed by atoms with Crippen LogP contribution < -0.4 is 5.32 Å². The highest BCUT2D eigenvalue weighted by molar-refractivity contribution is 5.03. The van der Waals surface area contributed by atoms with Crippen LogP contribution in [0.2, 0.25) is 0 Å². The van der Waals surface area contributed by atoms with E-state index in [2.05, 4.69) is 35.4 Å². The molecule has 0 radical (unpaired) electrons. The second kappa shape index (κ2) is 7.06. The second-order valence-corrected chi connectivity index (χ2v) is 5.89. The maximum Gasteiger partial charge on any atom is 0.0534 e. The van der Waals surface area contributed by atoms with Crippen LogP contribution in [0.15, 0.2) is 12.4 Å². The van der Waals surface area contributed by atoms with Crippen molar-refractivity contribution in [1.29, 1.82) is 0 Å². The average Bonchev–Trinajstić information content (AvgIpc) is 2.82. The van der Waals surface area contributed by atoms with E-state index < -0.39 is 0 Å². The number of aryl methyl sites for hydroxylation is 1. The summed E-state index contributed by atoms with van der Waals surface area (Å²) in [5.41, 5.74) is 1.27. The molecule has 2 atom stereocenters. The highest BCUT2D eigenvalue weighted by Crippen LogP contribution is 2.20. The van der Waals surface area contributed by atoms with Crippen LogP contribution in [0.3, 0.4) is 0 Å². The van der Waals surface area contributed by atoms with Crippen molar-refractivity contribution in [2.75, 3.05) is 19.6 Å². The van der Waals surface area contributed by atoms with E-state index in [9.17, 15) is 0 Å². The van der Waals surface area contributed by atoms with Gasteiger partial charge in [-0.15, -0.1) is 0 Å². The average molecular weight is 264 g/mol. The number of piperidine rings is 1. The summed E-state index contributed by atoms with van der Waals surface area (Å²) in [6, 6.07) is 0.583. The maximum atomic E-state index is 4.21. The molecular formula is C15H28N4. The Morgan fingerprint density at radius 2 is 2.37 bits per heavy atom. The molecule has 4 heteroatoms. The Bertz CT molecular complexity index is 372. The molecule has 0 amide bonds. The summed E-state index contributed by atoms with van der Waals surface area (Å²) in [6.07, 6.45) is 8.02. The standard InChI is InChI=1S/C15H28N4/c1-4-7-19-8-5-6-15(12-19)13(2)16-9-14-10-17-18(3)11-14/h10-11,13,15-16H,4-9,12H2,1-3H3. The molecule has 1 aromatic heterocycles. The SMILES string of the molecule is CCCN1CCCC(C(C)NCc2cnn(C)c2)C1. The highest BCUT2D eigenvalue weighted by atomic mass is 15.2. The van der Waals surface area contributed by atoms with Crippen molar-refractivity contribution in [2.24, 2.45) is 13.0 Å². The van der Waals surface area contributed by atoms with Gasteiger partial charge in [-0.25, -0.2) is 0 Å². The van der Waals surface area contributed by atoms with Gasteiger partial charge in [-0.1, -0.05) is 6.92 Å². The highest BCUT2D eigenvalue weighted by Gasteiger charge is 2.23. The third-order valence-corrected chi connectivity index (χ3v) is 4.18. The molecule has 1 aliphatic heterocycles. The first-order valence-corrected chi connectivity index (χ1v) is 7.62. The Balaban J connectivity index is 1.77. The minimum Gasteiger partial charge on any atom is -0.310 e. The van der Waals surface area contributed by atoms with Crippen LogP contribution in [-0.4, -0.2) is 40.4 Å². The Kier molecular flexibility index (Phi) is 5.40.